The molecule has 0 saturated carbocycles. The lowest BCUT2D eigenvalue weighted by atomic mass is 9.95. The van der Waals surface area contributed by atoms with E-state index in [1.165, 1.54) is 17.4 Å². The van der Waals surface area contributed by atoms with Crippen LogP contribution in [0, 0.1) is 12.7 Å². The summed E-state index contributed by atoms with van der Waals surface area (Å²) in [5.74, 6) is 0.0687. The van der Waals surface area contributed by atoms with Gasteiger partial charge in [-0.15, -0.1) is 0 Å². The van der Waals surface area contributed by atoms with Crippen LogP contribution in [0.25, 0.3) is 4.96 Å². The van der Waals surface area contributed by atoms with Crippen molar-refractivity contribution in [3.05, 3.63) is 68.3 Å². The molecule has 0 bridgehead atoms. The summed E-state index contributed by atoms with van der Waals surface area (Å²) in [6, 6.07) is 7.11. The number of benzene rings is 1. The summed E-state index contributed by atoms with van der Waals surface area (Å²) < 4.78 is 27.8. The lowest BCUT2D eigenvalue weighted by Gasteiger charge is -2.35. The third-order valence-corrected chi connectivity index (χ3v) is 7.66. The molecule has 9 nitrogen and oxygen atoms in total. The maximum atomic E-state index is 15.2. The van der Waals surface area contributed by atoms with Gasteiger partial charge in [0.25, 0.3) is 5.91 Å². The molecule has 0 N–H and O–H groups in total. The molecule has 1 aliphatic heterocycles. The highest BCUT2D eigenvalue weighted by atomic mass is 35.5. The Labute approximate surface area is 232 Å². The van der Waals surface area contributed by atoms with E-state index in [-0.39, 0.29) is 28.4 Å². The Hall–Kier alpha value is -2.99. The predicted molar refractivity (Wildman–Crippen MR) is 144 cm³/mol. The summed E-state index contributed by atoms with van der Waals surface area (Å²) in [4.78, 5) is 26.8. The van der Waals surface area contributed by atoms with E-state index in [1.807, 2.05) is 18.9 Å². The van der Waals surface area contributed by atoms with Crippen molar-refractivity contribution in [3.8, 4) is 5.75 Å². The van der Waals surface area contributed by atoms with Crippen molar-refractivity contribution in [1.82, 2.24) is 24.5 Å². The fraction of sp³-hybridized carbons (Fsp3) is 0.360. The van der Waals surface area contributed by atoms with Crippen molar-refractivity contribution in [1.29, 1.82) is 0 Å². The Kier molecular flexibility index (Phi) is 7.71. The van der Waals surface area contributed by atoms with Gasteiger partial charge in [0.15, 0.2) is 17.5 Å². The molecule has 200 valence electrons. The first-order chi connectivity index (χ1) is 18.3. The molecule has 0 spiro atoms. The van der Waals surface area contributed by atoms with Gasteiger partial charge in [-0.2, -0.15) is 5.10 Å². The maximum absolute atomic E-state index is 15.2. The average molecular weight is 579 g/mol. The minimum atomic E-state index is -0.756. The number of fused-ring (bicyclic) bond motifs is 3. The maximum Gasteiger partial charge on any atom is 0.261 e. The summed E-state index contributed by atoms with van der Waals surface area (Å²) in [5.41, 5.74) is 1.75. The number of amides is 1. The van der Waals surface area contributed by atoms with Gasteiger partial charge in [-0.05, 0) is 31.2 Å². The number of nitrogens with zero attached hydrogens (tertiary/aromatic N) is 6. The molecule has 0 fully saturated rings. The number of halogens is 3. The fourth-order valence-electron chi connectivity index (χ4n) is 4.47. The fourth-order valence-corrected chi connectivity index (χ4v) is 5.60. The first kappa shape index (κ1) is 26.6. The van der Waals surface area contributed by atoms with E-state index in [0.29, 0.717) is 48.2 Å². The van der Waals surface area contributed by atoms with Gasteiger partial charge in [-0.3, -0.25) is 4.79 Å². The number of aryl methyl sites for hydroxylation is 1. The summed E-state index contributed by atoms with van der Waals surface area (Å²) in [5, 5.41) is 5.79. The number of carbonyl (C=O) groups excluding carboxylic acids is 1. The van der Waals surface area contributed by atoms with Crippen molar-refractivity contribution in [2.24, 2.45) is 0 Å². The number of methoxy groups -OCH3 is 1. The van der Waals surface area contributed by atoms with Crippen LogP contribution in [0.3, 0.4) is 0 Å². The second-order valence-corrected chi connectivity index (χ2v) is 10.8. The lowest BCUT2D eigenvalue weighted by molar-refractivity contribution is -0.135. The van der Waals surface area contributed by atoms with Crippen LogP contribution in [0.4, 0.5) is 10.2 Å². The monoisotopic (exact) mass is 578 g/mol. The van der Waals surface area contributed by atoms with Gasteiger partial charge in [0.1, 0.15) is 22.7 Å². The number of imidazole rings is 1. The molecule has 5 rings (SSSR count). The number of aromatic nitrogens is 4. The quantitative estimate of drug-likeness (QED) is 0.283. The largest absolute Gasteiger partial charge is 0.481 e. The van der Waals surface area contributed by atoms with Gasteiger partial charge >= 0.3 is 0 Å². The van der Waals surface area contributed by atoms with Gasteiger partial charge in [0, 0.05) is 44.3 Å². The molecule has 0 radical (unpaired) electrons. The molecule has 1 amide bonds. The topological polar surface area (TPSA) is 85.1 Å². The van der Waals surface area contributed by atoms with Crippen LogP contribution in [0.15, 0.2) is 30.3 Å². The Morgan fingerprint density at radius 3 is 2.82 bits per heavy atom. The SMILES string of the molecule is COCCN(C)c1ccc(OCC(=O)N2CCc3nc4sc(C)nn4c3C2c2ccc(Cl)cc2F)c(Cl)n1. The van der Waals surface area contributed by atoms with E-state index in [0.717, 1.165) is 10.7 Å². The molecule has 1 unspecified atom stereocenters. The number of ether oxygens (including phenoxy) is 2. The summed E-state index contributed by atoms with van der Waals surface area (Å²) in [6.45, 7) is 3.08. The number of carbonyl (C=O) groups is 1. The van der Waals surface area contributed by atoms with Gasteiger partial charge < -0.3 is 19.3 Å². The third-order valence-electron chi connectivity index (χ3n) is 6.33. The van der Waals surface area contributed by atoms with Crippen molar-refractivity contribution in [2.45, 2.75) is 19.4 Å². The van der Waals surface area contributed by atoms with Gasteiger partial charge in [0.2, 0.25) is 4.96 Å². The van der Waals surface area contributed by atoms with Crippen molar-refractivity contribution < 1.29 is 18.7 Å². The van der Waals surface area contributed by atoms with Crippen molar-refractivity contribution in [3.63, 3.8) is 0 Å². The molecule has 38 heavy (non-hydrogen) atoms. The second kappa shape index (κ2) is 11.0. The lowest BCUT2D eigenvalue weighted by Crippen LogP contribution is -2.43. The Balaban J connectivity index is 1.42. The number of likely N-dealkylation sites (N-methyl/N-ethyl adjacent to an activating group) is 1. The molecule has 0 aliphatic carbocycles. The molecule has 1 aliphatic rings. The molecule has 1 aromatic carbocycles. The highest BCUT2D eigenvalue weighted by Crippen LogP contribution is 2.38. The van der Waals surface area contributed by atoms with E-state index < -0.39 is 11.9 Å². The van der Waals surface area contributed by atoms with Crippen LogP contribution in [-0.4, -0.2) is 70.8 Å². The van der Waals surface area contributed by atoms with Crippen LogP contribution in [0.5, 0.6) is 5.75 Å². The number of hydrogen-bond donors (Lipinski definition) is 0. The van der Waals surface area contributed by atoms with Crippen LogP contribution < -0.4 is 9.64 Å². The predicted octanol–water partition coefficient (Wildman–Crippen LogP) is 4.58. The summed E-state index contributed by atoms with van der Waals surface area (Å²) >= 11 is 13.8. The van der Waals surface area contributed by atoms with Gasteiger partial charge in [-0.1, -0.05) is 40.6 Å². The van der Waals surface area contributed by atoms with Crippen LogP contribution >= 0.6 is 34.5 Å². The molecule has 0 saturated heterocycles. The van der Waals surface area contributed by atoms with Crippen molar-refractivity contribution in [2.75, 3.05) is 45.4 Å². The molecular weight excluding hydrogens is 554 g/mol. The highest BCUT2D eigenvalue weighted by Gasteiger charge is 2.38. The first-order valence-electron chi connectivity index (χ1n) is 11.9. The number of anilines is 1. The minimum absolute atomic E-state index is 0.135. The Morgan fingerprint density at radius 2 is 2.08 bits per heavy atom. The minimum Gasteiger partial charge on any atom is -0.481 e. The molecule has 1 atom stereocenters. The Morgan fingerprint density at radius 1 is 1.26 bits per heavy atom. The second-order valence-electron chi connectivity index (χ2n) is 8.83. The zero-order valence-electron chi connectivity index (χ0n) is 20.9. The van der Waals surface area contributed by atoms with E-state index in [2.05, 4.69) is 10.1 Å². The normalized spacial score (nSPS) is 15.1. The zero-order valence-corrected chi connectivity index (χ0v) is 23.3. The molecule has 3 aromatic heterocycles. The standard InChI is InChI=1S/C25H25Cl2FN6O3S/c1-14-31-34-23-18(29-25(34)38-14)8-9-33(22(23)16-5-4-15(26)12-17(16)28)21(35)13-37-19-6-7-20(30-24(19)27)32(2)10-11-36-3/h4-7,12,22H,8-11,13H2,1-3H3. The molecule has 4 aromatic rings. The smallest absolute Gasteiger partial charge is 0.261 e. The van der Waals surface area contributed by atoms with Crippen LogP contribution in [0.2, 0.25) is 10.2 Å². The van der Waals surface area contributed by atoms with Crippen LogP contribution in [0.1, 0.15) is 28.0 Å². The molecule has 13 heteroatoms. The van der Waals surface area contributed by atoms with Crippen molar-refractivity contribution >= 4 is 51.2 Å². The number of hydrogen-bond acceptors (Lipinski definition) is 8. The van der Waals surface area contributed by atoms with Crippen LogP contribution in [-0.2, 0) is 16.0 Å². The number of pyridine rings is 1. The van der Waals surface area contributed by atoms with E-state index in [1.54, 1.807) is 40.8 Å². The van der Waals surface area contributed by atoms with E-state index in [4.69, 9.17) is 37.7 Å². The molecular formula is C25H25Cl2FN6O3S. The summed E-state index contributed by atoms with van der Waals surface area (Å²) in [7, 11) is 3.50. The van der Waals surface area contributed by atoms with E-state index in [9.17, 15) is 4.79 Å². The zero-order chi connectivity index (χ0) is 27.0. The Bertz CT molecular complexity index is 1500. The summed E-state index contributed by atoms with van der Waals surface area (Å²) in [6.07, 6.45) is 0.507. The molecule has 4 heterocycles. The van der Waals surface area contributed by atoms with E-state index >= 15 is 4.39 Å². The van der Waals surface area contributed by atoms with Gasteiger partial charge in [0.05, 0.1) is 18.0 Å². The average Bonchev–Trinajstić information content (AvgIpc) is 3.41. The third kappa shape index (κ3) is 5.15. The number of rotatable bonds is 8. The van der Waals surface area contributed by atoms with Gasteiger partial charge in [-0.25, -0.2) is 18.9 Å². The highest BCUT2D eigenvalue weighted by molar-refractivity contribution is 7.16. The first-order valence-corrected chi connectivity index (χ1v) is 13.4.